The van der Waals surface area contributed by atoms with Gasteiger partial charge in [0.1, 0.15) is 0 Å². The summed E-state index contributed by atoms with van der Waals surface area (Å²) in [7, 11) is 0. The van der Waals surface area contributed by atoms with E-state index in [1.54, 1.807) is 0 Å². The van der Waals surface area contributed by atoms with Gasteiger partial charge in [0.25, 0.3) is 0 Å². The molecule has 0 N–H and O–H groups in total. The van der Waals surface area contributed by atoms with Gasteiger partial charge in [-0.25, -0.2) is 0 Å². The van der Waals surface area contributed by atoms with Crippen molar-refractivity contribution in [3.05, 3.63) is 33.3 Å². The smallest absolute Gasteiger partial charge is 0.0550 e. The van der Waals surface area contributed by atoms with Gasteiger partial charge < -0.3 is 0 Å². The second-order valence-corrected chi connectivity index (χ2v) is 4.08. The number of halogens is 3. The van der Waals surface area contributed by atoms with Crippen LogP contribution in [0.3, 0.4) is 0 Å². The van der Waals surface area contributed by atoms with E-state index in [0.717, 1.165) is 22.3 Å². The van der Waals surface area contributed by atoms with Gasteiger partial charge in [0, 0.05) is 10.4 Å². The Labute approximate surface area is 91.0 Å². The highest BCUT2D eigenvalue weighted by Gasteiger charge is 2.02. The Hall–Kier alpha value is 0.280. The molecule has 0 aliphatic heterocycles. The molecule has 12 heavy (non-hydrogen) atoms. The lowest BCUT2D eigenvalue weighted by atomic mass is 10.1. The third-order valence-electron chi connectivity index (χ3n) is 1.61. The Bertz CT molecular complexity index is 261. The normalized spacial score (nSPS) is 10.2. The fourth-order valence-electron chi connectivity index (χ4n) is 0.999. The maximum absolute atomic E-state index is 5.91. The predicted molar refractivity (Wildman–Crippen MR) is 58.2 cm³/mol. The molecule has 0 heterocycles. The van der Waals surface area contributed by atoms with Gasteiger partial charge >= 0.3 is 0 Å². The molecule has 1 aromatic rings. The van der Waals surface area contributed by atoms with Gasteiger partial charge in [0.05, 0.1) is 5.02 Å². The maximum Gasteiger partial charge on any atom is 0.0550 e. The topological polar surface area (TPSA) is 0 Å². The Morgan fingerprint density at radius 3 is 2.75 bits per heavy atom. The van der Waals surface area contributed by atoms with Crippen LogP contribution in [0.15, 0.2) is 22.7 Å². The lowest BCUT2D eigenvalue weighted by Crippen LogP contribution is -1.88. The molecule has 0 spiro atoms. The molecule has 0 nitrogen and oxygen atoms in total. The first kappa shape index (κ1) is 10.4. The van der Waals surface area contributed by atoms with Crippen LogP contribution in [-0.2, 0) is 6.42 Å². The SMILES string of the molecule is ClCCCc1cccc(Cl)c1Br. The van der Waals surface area contributed by atoms with Crippen molar-refractivity contribution in [1.29, 1.82) is 0 Å². The van der Waals surface area contributed by atoms with Crippen LogP contribution in [0.2, 0.25) is 5.02 Å². The van der Waals surface area contributed by atoms with Crippen molar-refractivity contribution in [3.63, 3.8) is 0 Å². The zero-order chi connectivity index (χ0) is 8.97. The van der Waals surface area contributed by atoms with E-state index in [4.69, 9.17) is 23.2 Å². The van der Waals surface area contributed by atoms with Crippen molar-refractivity contribution in [2.75, 3.05) is 5.88 Å². The lowest BCUT2D eigenvalue weighted by molar-refractivity contribution is 0.924. The number of alkyl halides is 1. The Morgan fingerprint density at radius 1 is 1.33 bits per heavy atom. The monoisotopic (exact) mass is 266 g/mol. The highest BCUT2D eigenvalue weighted by atomic mass is 79.9. The Morgan fingerprint density at radius 2 is 2.08 bits per heavy atom. The first-order chi connectivity index (χ1) is 5.75. The largest absolute Gasteiger partial charge is 0.127 e. The number of rotatable bonds is 3. The summed E-state index contributed by atoms with van der Waals surface area (Å²) in [5.74, 6) is 0.693. The number of aryl methyl sites for hydroxylation is 1. The third kappa shape index (κ3) is 2.65. The molecule has 0 unspecified atom stereocenters. The molecule has 66 valence electrons. The van der Waals surface area contributed by atoms with Crippen molar-refractivity contribution < 1.29 is 0 Å². The van der Waals surface area contributed by atoms with Gasteiger partial charge in [-0.2, -0.15) is 0 Å². The van der Waals surface area contributed by atoms with E-state index in [2.05, 4.69) is 22.0 Å². The Balaban J connectivity index is 2.78. The summed E-state index contributed by atoms with van der Waals surface area (Å²) >= 11 is 14.9. The molecule has 0 aliphatic carbocycles. The van der Waals surface area contributed by atoms with Crippen LogP contribution in [0.4, 0.5) is 0 Å². The standard InChI is InChI=1S/C9H9BrCl2/c10-9-7(4-2-6-11)3-1-5-8(9)12/h1,3,5H,2,4,6H2. The molecular weight excluding hydrogens is 259 g/mol. The summed E-state index contributed by atoms with van der Waals surface area (Å²) in [6.07, 6.45) is 1.96. The van der Waals surface area contributed by atoms with Crippen LogP contribution < -0.4 is 0 Å². The van der Waals surface area contributed by atoms with E-state index in [0.29, 0.717) is 5.88 Å². The van der Waals surface area contributed by atoms with Crippen LogP contribution in [-0.4, -0.2) is 5.88 Å². The molecule has 3 heteroatoms. The summed E-state index contributed by atoms with van der Waals surface area (Å²) in [6.45, 7) is 0. The summed E-state index contributed by atoms with van der Waals surface area (Å²) in [5.41, 5.74) is 1.23. The van der Waals surface area contributed by atoms with Gasteiger partial charge in [0.2, 0.25) is 0 Å². The van der Waals surface area contributed by atoms with Crippen molar-refractivity contribution in [2.24, 2.45) is 0 Å². The summed E-state index contributed by atoms with van der Waals surface area (Å²) < 4.78 is 0.997. The molecule has 0 saturated carbocycles. The van der Waals surface area contributed by atoms with Crippen molar-refractivity contribution >= 4 is 39.1 Å². The molecule has 0 saturated heterocycles. The Kier molecular flexibility index (Phi) is 4.41. The molecule has 0 bridgehead atoms. The predicted octanol–water partition coefficient (Wildman–Crippen LogP) is 4.27. The average molecular weight is 268 g/mol. The zero-order valence-corrected chi connectivity index (χ0v) is 9.59. The minimum Gasteiger partial charge on any atom is -0.127 e. The van der Waals surface area contributed by atoms with Crippen LogP contribution in [0.5, 0.6) is 0 Å². The van der Waals surface area contributed by atoms with Crippen LogP contribution >= 0.6 is 39.1 Å². The summed E-state index contributed by atoms with van der Waals surface area (Å²) in [4.78, 5) is 0. The van der Waals surface area contributed by atoms with E-state index < -0.39 is 0 Å². The summed E-state index contributed by atoms with van der Waals surface area (Å²) in [5, 5.41) is 0.766. The minimum absolute atomic E-state index is 0.693. The van der Waals surface area contributed by atoms with Crippen LogP contribution in [0.1, 0.15) is 12.0 Å². The highest BCUT2D eigenvalue weighted by molar-refractivity contribution is 9.10. The van der Waals surface area contributed by atoms with Gasteiger partial charge in [-0.15, -0.1) is 11.6 Å². The lowest BCUT2D eigenvalue weighted by Gasteiger charge is -2.03. The second-order valence-electron chi connectivity index (χ2n) is 2.51. The molecular formula is C9H9BrCl2. The van der Waals surface area contributed by atoms with E-state index in [1.807, 2.05) is 12.1 Å². The first-order valence-electron chi connectivity index (χ1n) is 3.74. The number of hydrogen-bond acceptors (Lipinski definition) is 0. The molecule has 0 amide bonds. The van der Waals surface area contributed by atoms with E-state index in [1.165, 1.54) is 5.56 Å². The van der Waals surface area contributed by atoms with Gasteiger partial charge in [0.15, 0.2) is 0 Å². The first-order valence-corrected chi connectivity index (χ1v) is 5.45. The van der Waals surface area contributed by atoms with Crippen molar-refractivity contribution in [3.8, 4) is 0 Å². The van der Waals surface area contributed by atoms with E-state index >= 15 is 0 Å². The van der Waals surface area contributed by atoms with Gasteiger partial charge in [-0.1, -0.05) is 23.7 Å². The average Bonchev–Trinajstić information content (AvgIpc) is 2.08. The highest BCUT2D eigenvalue weighted by Crippen LogP contribution is 2.26. The molecule has 1 rings (SSSR count). The quantitative estimate of drug-likeness (QED) is 0.718. The molecule has 0 fully saturated rings. The molecule has 0 radical (unpaired) electrons. The van der Waals surface area contributed by atoms with E-state index in [-0.39, 0.29) is 0 Å². The van der Waals surface area contributed by atoms with Gasteiger partial charge in [-0.3, -0.25) is 0 Å². The molecule has 1 aromatic carbocycles. The molecule has 0 aliphatic rings. The molecule has 0 aromatic heterocycles. The number of benzene rings is 1. The third-order valence-corrected chi connectivity index (χ3v) is 3.36. The van der Waals surface area contributed by atoms with E-state index in [9.17, 15) is 0 Å². The second kappa shape index (κ2) is 5.11. The fraction of sp³-hybridized carbons (Fsp3) is 0.333. The molecule has 0 atom stereocenters. The van der Waals surface area contributed by atoms with Crippen molar-refractivity contribution in [2.45, 2.75) is 12.8 Å². The fourth-order valence-corrected chi connectivity index (χ4v) is 1.79. The van der Waals surface area contributed by atoms with Crippen LogP contribution in [0.25, 0.3) is 0 Å². The van der Waals surface area contributed by atoms with Gasteiger partial charge in [-0.05, 0) is 40.4 Å². The minimum atomic E-state index is 0.693. The zero-order valence-electron chi connectivity index (χ0n) is 6.49. The number of hydrogen-bond donors (Lipinski definition) is 0. The van der Waals surface area contributed by atoms with Crippen LogP contribution in [0, 0.1) is 0 Å². The maximum atomic E-state index is 5.91. The summed E-state index contributed by atoms with van der Waals surface area (Å²) in [6, 6.07) is 5.88. The van der Waals surface area contributed by atoms with Crippen molar-refractivity contribution in [1.82, 2.24) is 0 Å².